The van der Waals surface area contributed by atoms with Crippen LogP contribution in [0.1, 0.15) is 6.92 Å². The molecule has 1 aromatic carbocycles. The van der Waals surface area contributed by atoms with Crippen molar-refractivity contribution in [3.05, 3.63) is 36.6 Å². The molecule has 0 aromatic heterocycles. The minimum absolute atomic E-state index is 0.00176. The maximum atomic E-state index is 11.3. The molecular formula is C11H11NO2. The van der Waals surface area contributed by atoms with Gasteiger partial charge in [0.2, 0.25) is 5.91 Å². The third-order valence-electron chi connectivity index (χ3n) is 2.12. The number of fused-ring (bicyclic) bond motifs is 1. The fourth-order valence-corrected chi connectivity index (χ4v) is 1.50. The summed E-state index contributed by atoms with van der Waals surface area (Å²) in [7, 11) is 0. The quantitative estimate of drug-likeness (QED) is 0.624. The molecule has 3 nitrogen and oxygen atoms in total. The summed E-state index contributed by atoms with van der Waals surface area (Å²) < 4.78 is 5.42. The fraction of sp³-hybridized carbons (Fsp3) is 0.182. The number of amides is 1. The summed E-state index contributed by atoms with van der Waals surface area (Å²) in [6.07, 6.45) is 0. The van der Waals surface area contributed by atoms with Gasteiger partial charge in [-0.3, -0.25) is 4.79 Å². The van der Waals surface area contributed by atoms with Gasteiger partial charge in [0.05, 0.1) is 12.2 Å². The summed E-state index contributed by atoms with van der Waals surface area (Å²) >= 11 is 0. The largest absolute Gasteiger partial charge is 0.458 e. The Morgan fingerprint density at radius 3 is 2.93 bits per heavy atom. The van der Waals surface area contributed by atoms with Crippen LogP contribution in [0.4, 0.5) is 5.69 Å². The van der Waals surface area contributed by atoms with Gasteiger partial charge in [-0.25, -0.2) is 0 Å². The molecule has 0 bridgehead atoms. The van der Waals surface area contributed by atoms with Gasteiger partial charge in [-0.2, -0.15) is 0 Å². The van der Waals surface area contributed by atoms with E-state index in [0.29, 0.717) is 18.1 Å². The van der Waals surface area contributed by atoms with E-state index in [1.807, 2.05) is 24.3 Å². The van der Waals surface area contributed by atoms with Gasteiger partial charge in [0, 0.05) is 6.92 Å². The highest BCUT2D eigenvalue weighted by atomic mass is 16.5. The third-order valence-corrected chi connectivity index (χ3v) is 2.12. The van der Waals surface area contributed by atoms with Crippen LogP contribution in [0.5, 0.6) is 5.75 Å². The second-order valence-corrected chi connectivity index (χ2v) is 3.21. The summed E-state index contributed by atoms with van der Waals surface area (Å²) in [6.45, 7) is 5.70. The van der Waals surface area contributed by atoms with Crippen LogP contribution in [0.15, 0.2) is 36.6 Å². The van der Waals surface area contributed by atoms with E-state index in [4.69, 9.17) is 4.74 Å². The molecule has 0 N–H and O–H groups in total. The van der Waals surface area contributed by atoms with E-state index in [1.54, 1.807) is 4.90 Å². The van der Waals surface area contributed by atoms with Gasteiger partial charge in [0.15, 0.2) is 5.75 Å². The Morgan fingerprint density at radius 2 is 2.21 bits per heavy atom. The van der Waals surface area contributed by atoms with Gasteiger partial charge >= 0.3 is 0 Å². The monoisotopic (exact) mass is 189 g/mol. The van der Waals surface area contributed by atoms with Crippen LogP contribution >= 0.6 is 0 Å². The lowest BCUT2D eigenvalue weighted by atomic mass is 10.2. The predicted octanol–water partition coefficient (Wildman–Crippen LogP) is 1.95. The number of rotatable bonds is 0. The summed E-state index contributed by atoms with van der Waals surface area (Å²) in [5, 5.41) is 0. The normalized spacial score (nSPS) is 14.6. The molecule has 1 aliphatic heterocycles. The highest BCUT2D eigenvalue weighted by Crippen LogP contribution is 2.33. The minimum atomic E-state index is 0.00176. The van der Waals surface area contributed by atoms with Crippen molar-refractivity contribution in [2.24, 2.45) is 0 Å². The van der Waals surface area contributed by atoms with Gasteiger partial charge in [-0.05, 0) is 12.1 Å². The van der Waals surface area contributed by atoms with Crippen molar-refractivity contribution in [2.45, 2.75) is 6.92 Å². The van der Waals surface area contributed by atoms with E-state index >= 15 is 0 Å². The van der Waals surface area contributed by atoms with Crippen LogP contribution in [-0.4, -0.2) is 12.5 Å². The highest BCUT2D eigenvalue weighted by Gasteiger charge is 2.22. The molecule has 14 heavy (non-hydrogen) atoms. The zero-order chi connectivity index (χ0) is 10.1. The molecule has 0 saturated heterocycles. The number of nitrogens with zero attached hydrogens (tertiary/aromatic N) is 1. The number of para-hydroxylation sites is 2. The number of ether oxygens (including phenoxy) is 1. The molecule has 1 aromatic rings. The third kappa shape index (κ3) is 1.37. The van der Waals surface area contributed by atoms with Crippen LogP contribution in [0.3, 0.4) is 0 Å². The van der Waals surface area contributed by atoms with Crippen LogP contribution in [-0.2, 0) is 4.79 Å². The first-order valence-electron chi connectivity index (χ1n) is 4.41. The molecule has 0 spiro atoms. The maximum absolute atomic E-state index is 11.3. The SMILES string of the molecule is C=C1CN(C(C)=O)c2ccccc2O1. The first-order chi connectivity index (χ1) is 6.68. The van der Waals surface area contributed by atoms with Gasteiger partial charge in [0.1, 0.15) is 5.76 Å². The molecule has 0 radical (unpaired) electrons. The van der Waals surface area contributed by atoms with Crippen molar-refractivity contribution >= 4 is 11.6 Å². The van der Waals surface area contributed by atoms with Crippen molar-refractivity contribution in [2.75, 3.05) is 11.4 Å². The number of hydrogen-bond donors (Lipinski definition) is 0. The van der Waals surface area contributed by atoms with Gasteiger partial charge in [-0.15, -0.1) is 0 Å². The standard InChI is InChI=1S/C11H11NO2/c1-8-7-12(9(2)13)10-5-3-4-6-11(10)14-8/h3-6H,1,7H2,2H3. The molecular weight excluding hydrogens is 178 g/mol. The number of benzene rings is 1. The van der Waals surface area contributed by atoms with Crippen LogP contribution in [0, 0.1) is 0 Å². The Bertz CT molecular complexity index is 398. The number of carbonyl (C=O) groups excluding carboxylic acids is 1. The van der Waals surface area contributed by atoms with Gasteiger partial charge in [-0.1, -0.05) is 18.7 Å². The number of hydrogen-bond acceptors (Lipinski definition) is 2. The molecule has 1 heterocycles. The minimum Gasteiger partial charge on any atom is -0.458 e. The van der Waals surface area contributed by atoms with Gasteiger partial charge < -0.3 is 9.64 Å². The van der Waals surface area contributed by atoms with E-state index in [-0.39, 0.29) is 5.91 Å². The van der Waals surface area contributed by atoms with Crippen molar-refractivity contribution in [1.82, 2.24) is 0 Å². The molecule has 72 valence electrons. The van der Waals surface area contributed by atoms with Crippen molar-refractivity contribution in [3.8, 4) is 5.75 Å². The molecule has 3 heteroatoms. The average molecular weight is 189 g/mol. The highest BCUT2D eigenvalue weighted by molar-refractivity contribution is 5.94. The van der Waals surface area contributed by atoms with E-state index in [9.17, 15) is 4.79 Å². The molecule has 2 rings (SSSR count). The topological polar surface area (TPSA) is 29.5 Å². The number of anilines is 1. The smallest absolute Gasteiger partial charge is 0.224 e. The Balaban J connectivity index is 2.48. The van der Waals surface area contributed by atoms with Crippen LogP contribution < -0.4 is 9.64 Å². The molecule has 0 saturated carbocycles. The number of carbonyl (C=O) groups is 1. The van der Waals surface area contributed by atoms with Crippen LogP contribution in [0.2, 0.25) is 0 Å². The maximum Gasteiger partial charge on any atom is 0.224 e. The molecule has 0 unspecified atom stereocenters. The zero-order valence-corrected chi connectivity index (χ0v) is 7.99. The second kappa shape index (κ2) is 3.18. The lowest BCUT2D eigenvalue weighted by molar-refractivity contribution is -0.116. The summed E-state index contributed by atoms with van der Waals surface area (Å²) in [5.74, 6) is 1.29. The second-order valence-electron chi connectivity index (χ2n) is 3.21. The van der Waals surface area contributed by atoms with Crippen molar-refractivity contribution < 1.29 is 9.53 Å². The molecule has 0 fully saturated rings. The zero-order valence-electron chi connectivity index (χ0n) is 7.99. The molecule has 1 aliphatic rings. The fourth-order valence-electron chi connectivity index (χ4n) is 1.50. The Morgan fingerprint density at radius 1 is 1.50 bits per heavy atom. The first-order valence-corrected chi connectivity index (χ1v) is 4.41. The molecule has 0 aliphatic carbocycles. The average Bonchev–Trinajstić information content (AvgIpc) is 2.16. The van der Waals surface area contributed by atoms with E-state index in [1.165, 1.54) is 6.92 Å². The van der Waals surface area contributed by atoms with E-state index in [2.05, 4.69) is 6.58 Å². The summed E-state index contributed by atoms with van der Waals surface area (Å²) in [6, 6.07) is 7.45. The van der Waals surface area contributed by atoms with Crippen molar-refractivity contribution in [1.29, 1.82) is 0 Å². The Kier molecular flexibility index (Phi) is 2.00. The molecule has 1 amide bonds. The van der Waals surface area contributed by atoms with Crippen molar-refractivity contribution in [3.63, 3.8) is 0 Å². The van der Waals surface area contributed by atoms with E-state index < -0.39 is 0 Å². The van der Waals surface area contributed by atoms with Crippen LogP contribution in [0.25, 0.3) is 0 Å². The first kappa shape index (κ1) is 8.81. The summed E-state index contributed by atoms with van der Waals surface area (Å²) in [5.41, 5.74) is 0.812. The lowest BCUT2D eigenvalue weighted by Gasteiger charge is -2.29. The molecule has 0 atom stereocenters. The Hall–Kier alpha value is -1.77. The van der Waals surface area contributed by atoms with E-state index in [0.717, 1.165) is 5.69 Å². The Labute approximate surface area is 82.6 Å². The summed E-state index contributed by atoms with van der Waals surface area (Å²) in [4.78, 5) is 13.0. The predicted molar refractivity (Wildman–Crippen MR) is 54.2 cm³/mol. The lowest BCUT2D eigenvalue weighted by Crippen LogP contribution is -2.34. The van der Waals surface area contributed by atoms with Gasteiger partial charge in [0.25, 0.3) is 0 Å².